The molecule has 0 aromatic heterocycles. The molecule has 0 bridgehead atoms. The molecule has 1 aromatic carbocycles. The summed E-state index contributed by atoms with van der Waals surface area (Å²) >= 11 is 0. The van der Waals surface area contributed by atoms with E-state index in [1.54, 1.807) is 0 Å². The number of rotatable bonds is 2. The molecule has 0 saturated heterocycles. The summed E-state index contributed by atoms with van der Waals surface area (Å²) in [6.45, 7) is 0. The summed E-state index contributed by atoms with van der Waals surface area (Å²) in [5.74, 6) is 6.23. The Kier molecular flexibility index (Phi) is 4.63. The van der Waals surface area contributed by atoms with Crippen LogP contribution >= 0.6 is 0 Å². The standard InChI is InChI=1S/C17H20O2/c1-19-16(18)17(12-6-3-7-13-17)14-8-11-15-9-4-2-5-10-15/h2,4-5,9-10H,3,6-7,12-14H2,1H3. The van der Waals surface area contributed by atoms with Crippen molar-refractivity contribution in [3.8, 4) is 11.8 Å². The topological polar surface area (TPSA) is 26.3 Å². The molecule has 2 rings (SSSR count). The normalized spacial score (nSPS) is 17.1. The van der Waals surface area contributed by atoms with Gasteiger partial charge in [0.15, 0.2) is 0 Å². The van der Waals surface area contributed by atoms with Crippen LogP contribution in [0, 0.1) is 17.3 Å². The molecular formula is C17H20O2. The lowest BCUT2D eigenvalue weighted by molar-refractivity contribution is -0.154. The molecular weight excluding hydrogens is 236 g/mol. The maximum Gasteiger partial charge on any atom is 0.312 e. The molecule has 0 spiro atoms. The maximum absolute atomic E-state index is 12.0. The zero-order valence-electron chi connectivity index (χ0n) is 11.4. The third-order valence-corrected chi connectivity index (χ3v) is 3.86. The highest BCUT2D eigenvalue weighted by Gasteiger charge is 2.39. The van der Waals surface area contributed by atoms with E-state index in [1.165, 1.54) is 13.5 Å². The van der Waals surface area contributed by atoms with Gasteiger partial charge in [-0.15, -0.1) is 0 Å². The second-order valence-electron chi connectivity index (χ2n) is 5.18. The fourth-order valence-electron chi connectivity index (χ4n) is 2.74. The van der Waals surface area contributed by atoms with Gasteiger partial charge in [-0.25, -0.2) is 0 Å². The Morgan fingerprint density at radius 2 is 1.89 bits per heavy atom. The molecule has 0 unspecified atom stereocenters. The molecule has 2 nitrogen and oxygen atoms in total. The van der Waals surface area contributed by atoms with Gasteiger partial charge in [0.05, 0.1) is 12.5 Å². The van der Waals surface area contributed by atoms with Crippen LogP contribution in [0.2, 0.25) is 0 Å². The van der Waals surface area contributed by atoms with Gasteiger partial charge in [-0.1, -0.05) is 49.3 Å². The fraction of sp³-hybridized carbons (Fsp3) is 0.471. The van der Waals surface area contributed by atoms with Crippen LogP contribution in [0.4, 0.5) is 0 Å². The van der Waals surface area contributed by atoms with Gasteiger partial charge in [-0.05, 0) is 25.0 Å². The van der Waals surface area contributed by atoms with Gasteiger partial charge in [0.25, 0.3) is 0 Å². The van der Waals surface area contributed by atoms with Crippen LogP contribution < -0.4 is 0 Å². The molecule has 100 valence electrons. The van der Waals surface area contributed by atoms with Crippen LogP contribution in [0.5, 0.6) is 0 Å². The number of methoxy groups -OCH3 is 1. The smallest absolute Gasteiger partial charge is 0.312 e. The summed E-state index contributed by atoms with van der Waals surface area (Å²) in [4.78, 5) is 12.0. The zero-order chi connectivity index (χ0) is 13.6. The molecule has 0 radical (unpaired) electrons. The highest BCUT2D eigenvalue weighted by molar-refractivity contribution is 5.77. The Morgan fingerprint density at radius 1 is 1.21 bits per heavy atom. The average Bonchev–Trinajstić information content (AvgIpc) is 2.48. The molecule has 0 amide bonds. The van der Waals surface area contributed by atoms with Crippen LogP contribution in [-0.4, -0.2) is 13.1 Å². The highest BCUT2D eigenvalue weighted by Crippen LogP contribution is 2.40. The van der Waals surface area contributed by atoms with E-state index >= 15 is 0 Å². The molecule has 1 aromatic rings. The summed E-state index contributed by atoms with van der Waals surface area (Å²) in [6.07, 6.45) is 5.83. The van der Waals surface area contributed by atoms with Gasteiger partial charge in [-0.2, -0.15) is 0 Å². The summed E-state index contributed by atoms with van der Waals surface area (Å²) in [5.41, 5.74) is 0.632. The second kappa shape index (κ2) is 6.43. The lowest BCUT2D eigenvalue weighted by Crippen LogP contribution is -2.34. The number of hydrogen-bond acceptors (Lipinski definition) is 2. The third-order valence-electron chi connectivity index (χ3n) is 3.86. The Balaban J connectivity index is 2.09. The van der Waals surface area contributed by atoms with Crippen molar-refractivity contribution < 1.29 is 9.53 Å². The minimum Gasteiger partial charge on any atom is -0.469 e. The lowest BCUT2D eigenvalue weighted by Gasteiger charge is -2.32. The molecule has 19 heavy (non-hydrogen) atoms. The van der Waals surface area contributed by atoms with E-state index in [4.69, 9.17) is 4.74 Å². The fourth-order valence-corrected chi connectivity index (χ4v) is 2.74. The van der Waals surface area contributed by atoms with Gasteiger partial charge in [0, 0.05) is 12.0 Å². The van der Waals surface area contributed by atoms with E-state index in [9.17, 15) is 4.79 Å². The van der Waals surface area contributed by atoms with Crippen molar-refractivity contribution in [1.82, 2.24) is 0 Å². The van der Waals surface area contributed by atoms with Crippen LogP contribution in [0.1, 0.15) is 44.1 Å². The van der Waals surface area contributed by atoms with Crippen LogP contribution in [0.25, 0.3) is 0 Å². The summed E-state index contributed by atoms with van der Waals surface area (Å²) in [5, 5.41) is 0. The number of ether oxygens (including phenoxy) is 1. The van der Waals surface area contributed by atoms with Crippen molar-refractivity contribution in [2.45, 2.75) is 38.5 Å². The first kappa shape index (κ1) is 13.7. The number of hydrogen-bond donors (Lipinski definition) is 0. The van der Waals surface area contributed by atoms with Gasteiger partial charge >= 0.3 is 5.97 Å². The number of carbonyl (C=O) groups is 1. The SMILES string of the molecule is COC(=O)C1(CC#Cc2ccccc2)CCCCC1. The number of benzene rings is 1. The largest absolute Gasteiger partial charge is 0.469 e. The summed E-state index contributed by atoms with van der Waals surface area (Å²) in [7, 11) is 1.48. The second-order valence-corrected chi connectivity index (χ2v) is 5.18. The van der Waals surface area contributed by atoms with Crippen molar-refractivity contribution in [3.63, 3.8) is 0 Å². The molecule has 1 aliphatic rings. The van der Waals surface area contributed by atoms with Crippen LogP contribution in [0.3, 0.4) is 0 Å². The Labute approximate surface area is 115 Å². The van der Waals surface area contributed by atoms with E-state index in [1.807, 2.05) is 30.3 Å². The molecule has 2 heteroatoms. The molecule has 1 fully saturated rings. The maximum atomic E-state index is 12.0. The first-order chi connectivity index (χ1) is 9.27. The minimum absolute atomic E-state index is 0.0884. The van der Waals surface area contributed by atoms with Gasteiger partial charge in [0.2, 0.25) is 0 Å². The highest BCUT2D eigenvalue weighted by atomic mass is 16.5. The van der Waals surface area contributed by atoms with Gasteiger partial charge < -0.3 is 4.74 Å². The third kappa shape index (κ3) is 3.38. The first-order valence-corrected chi connectivity index (χ1v) is 6.89. The lowest BCUT2D eigenvalue weighted by atomic mass is 9.72. The predicted molar refractivity (Wildman–Crippen MR) is 75.5 cm³/mol. The van der Waals surface area contributed by atoms with E-state index in [0.29, 0.717) is 6.42 Å². The van der Waals surface area contributed by atoms with Gasteiger partial charge in [0.1, 0.15) is 0 Å². The van der Waals surface area contributed by atoms with Crippen molar-refractivity contribution in [3.05, 3.63) is 35.9 Å². The Hall–Kier alpha value is -1.75. The molecule has 1 aliphatic carbocycles. The predicted octanol–water partition coefficient (Wildman–Crippen LogP) is 3.55. The summed E-state index contributed by atoms with van der Waals surface area (Å²) in [6, 6.07) is 9.89. The molecule has 1 saturated carbocycles. The average molecular weight is 256 g/mol. The van der Waals surface area contributed by atoms with E-state index in [2.05, 4.69) is 11.8 Å². The van der Waals surface area contributed by atoms with E-state index < -0.39 is 0 Å². The summed E-state index contributed by atoms with van der Waals surface area (Å²) < 4.78 is 4.99. The van der Waals surface area contributed by atoms with Crippen molar-refractivity contribution in [2.75, 3.05) is 7.11 Å². The minimum atomic E-state index is -0.366. The number of esters is 1. The van der Waals surface area contributed by atoms with Crippen molar-refractivity contribution in [2.24, 2.45) is 5.41 Å². The first-order valence-electron chi connectivity index (χ1n) is 6.89. The molecule has 0 atom stereocenters. The quantitative estimate of drug-likeness (QED) is 0.597. The van der Waals surface area contributed by atoms with Crippen LogP contribution in [-0.2, 0) is 9.53 Å². The monoisotopic (exact) mass is 256 g/mol. The van der Waals surface area contributed by atoms with Crippen LogP contribution in [0.15, 0.2) is 30.3 Å². The van der Waals surface area contributed by atoms with Crippen molar-refractivity contribution in [1.29, 1.82) is 0 Å². The van der Waals surface area contributed by atoms with E-state index in [-0.39, 0.29) is 11.4 Å². The van der Waals surface area contributed by atoms with E-state index in [0.717, 1.165) is 31.2 Å². The van der Waals surface area contributed by atoms with Gasteiger partial charge in [-0.3, -0.25) is 4.79 Å². The Bertz CT molecular complexity index is 473. The zero-order valence-corrected chi connectivity index (χ0v) is 11.4. The molecule has 0 heterocycles. The Morgan fingerprint density at radius 3 is 2.53 bits per heavy atom. The molecule has 0 N–H and O–H groups in total. The van der Waals surface area contributed by atoms with Crippen molar-refractivity contribution >= 4 is 5.97 Å². The number of carbonyl (C=O) groups excluding carboxylic acids is 1. The molecule has 0 aliphatic heterocycles.